The van der Waals surface area contributed by atoms with Gasteiger partial charge in [0.15, 0.2) is 5.82 Å². The van der Waals surface area contributed by atoms with Gasteiger partial charge in [-0.15, -0.1) is 5.10 Å². The van der Waals surface area contributed by atoms with Crippen molar-refractivity contribution in [3.8, 4) is 5.82 Å². The molecular formula is C9H11N5. The number of aryl methyl sites for hydroxylation is 1. The number of rotatable bonds is 1. The molecule has 0 bridgehead atoms. The van der Waals surface area contributed by atoms with E-state index < -0.39 is 0 Å². The van der Waals surface area contributed by atoms with Crippen molar-refractivity contribution in [2.45, 2.75) is 6.92 Å². The first kappa shape index (κ1) is 8.55. The summed E-state index contributed by atoms with van der Waals surface area (Å²) in [5, 5.41) is 4.10. The summed E-state index contributed by atoms with van der Waals surface area (Å²) >= 11 is 0. The van der Waals surface area contributed by atoms with Crippen molar-refractivity contribution >= 4 is 11.6 Å². The molecule has 14 heavy (non-hydrogen) atoms. The van der Waals surface area contributed by atoms with Crippen molar-refractivity contribution in [3.05, 3.63) is 30.0 Å². The molecule has 0 aliphatic heterocycles. The molecule has 0 aromatic carbocycles. The third-order valence-electron chi connectivity index (χ3n) is 1.88. The van der Waals surface area contributed by atoms with Crippen LogP contribution < -0.4 is 11.5 Å². The molecule has 0 spiro atoms. The highest BCUT2D eigenvalue weighted by Gasteiger charge is 2.04. The van der Waals surface area contributed by atoms with Crippen molar-refractivity contribution in [1.29, 1.82) is 0 Å². The molecule has 0 radical (unpaired) electrons. The van der Waals surface area contributed by atoms with Crippen LogP contribution in [0.1, 0.15) is 5.69 Å². The zero-order valence-corrected chi connectivity index (χ0v) is 7.81. The lowest BCUT2D eigenvalue weighted by molar-refractivity contribution is 0.823. The quantitative estimate of drug-likeness (QED) is 0.693. The monoisotopic (exact) mass is 189 g/mol. The Hall–Kier alpha value is -2.04. The molecule has 5 nitrogen and oxygen atoms in total. The number of aromatic nitrogens is 3. The Morgan fingerprint density at radius 3 is 2.57 bits per heavy atom. The Morgan fingerprint density at radius 1 is 1.21 bits per heavy atom. The molecular weight excluding hydrogens is 178 g/mol. The molecule has 2 heterocycles. The van der Waals surface area contributed by atoms with E-state index in [1.807, 2.05) is 19.1 Å². The van der Waals surface area contributed by atoms with Crippen LogP contribution in [0.4, 0.5) is 11.6 Å². The van der Waals surface area contributed by atoms with Gasteiger partial charge in [-0.1, -0.05) is 6.07 Å². The standard InChI is InChI=1S/C9H11N5/c1-6-5-8(11)13-14(6)9-4-2-3-7(10)12-9/h2-5H,1H3,(H2,10,12)(H2,11,13). The molecule has 4 N–H and O–H groups in total. The predicted octanol–water partition coefficient (Wildman–Crippen LogP) is 0.740. The maximum absolute atomic E-state index is 5.57. The molecule has 0 saturated carbocycles. The van der Waals surface area contributed by atoms with Crippen molar-refractivity contribution in [1.82, 2.24) is 14.8 Å². The van der Waals surface area contributed by atoms with Crippen molar-refractivity contribution in [3.63, 3.8) is 0 Å². The first-order chi connectivity index (χ1) is 6.66. The topological polar surface area (TPSA) is 82.8 Å². The second kappa shape index (κ2) is 3.02. The lowest BCUT2D eigenvalue weighted by Crippen LogP contribution is -2.03. The zero-order valence-electron chi connectivity index (χ0n) is 7.81. The van der Waals surface area contributed by atoms with E-state index >= 15 is 0 Å². The number of nitrogen functional groups attached to an aromatic ring is 2. The van der Waals surface area contributed by atoms with Crippen LogP contribution in [0.5, 0.6) is 0 Å². The SMILES string of the molecule is Cc1cc(N)nn1-c1cccc(N)n1. The van der Waals surface area contributed by atoms with Gasteiger partial charge in [0.1, 0.15) is 11.6 Å². The van der Waals surface area contributed by atoms with Gasteiger partial charge in [0.25, 0.3) is 0 Å². The number of pyridine rings is 1. The highest BCUT2D eigenvalue weighted by Crippen LogP contribution is 2.11. The second-order valence-electron chi connectivity index (χ2n) is 3.04. The summed E-state index contributed by atoms with van der Waals surface area (Å²) in [4.78, 5) is 4.14. The van der Waals surface area contributed by atoms with E-state index in [0.717, 1.165) is 5.69 Å². The largest absolute Gasteiger partial charge is 0.384 e. The smallest absolute Gasteiger partial charge is 0.156 e. The maximum Gasteiger partial charge on any atom is 0.156 e. The Balaban J connectivity index is 2.54. The summed E-state index contributed by atoms with van der Waals surface area (Å²) in [5.41, 5.74) is 12.1. The Bertz CT molecular complexity index is 460. The van der Waals surface area contributed by atoms with Crippen molar-refractivity contribution in [2.24, 2.45) is 0 Å². The lowest BCUT2D eigenvalue weighted by Gasteiger charge is -2.02. The van der Waals surface area contributed by atoms with E-state index in [4.69, 9.17) is 11.5 Å². The Morgan fingerprint density at radius 2 is 2.00 bits per heavy atom. The van der Waals surface area contributed by atoms with Gasteiger partial charge >= 0.3 is 0 Å². The van der Waals surface area contributed by atoms with Crippen LogP contribution in [0.15, 0.2) is 24.3 Å². The van der Waals surface area contributed by atoms with Gasteiger partial charge in [-0.05, 0) is 19.1 Å². The minimum absolute atomic E-state index is 0.468. The fourth-order valence-electron chi connectivity index (χ4n) is 1.29. The maximum atomic E-state index is 5.57. The molecule has 0 atom stereocenters. The zero-order chi connectivity index (χ0) is 10.1. The molecule has 0 aliphatic rings. The summed E-state index contributed by atoms with van der Waals surface area (Å²) < 4.78 is 1.66. The molecule has 0 unspecified atom stereocenters. The molecule has 5 heteroatoms. The first-order valence-electron chi connectivity index (χ1n) is 4.22. The third kappa shape index (κ3) is 1.39. The fraction of sp³-hybridized carbons (Fsp3) is 0.111. The summed E-state index contributed by atoms with van der Waals surface area (Å²) in [6.07, 6.45) is 0. The summed E-state index contributed by atoms with van der Waals surface area (Å²) in [6.45, 7) is 1.91. The summed E-state index contributed by atoms with van der Waals surface area (Å²) in [5.74, 6) is 1.63. The average Bonchev–Trinajstić information content (AvgIpc) is 2.45. The van der Waals surface area contributed by atoms with Gasteiger partial charge in [0, 0.05) is 11.8 Å². The number of nitrogens with zero attached hydrogens (tertiary/aromatic N) is 3. The van der Waals surface area contributed by atoms with Gasteiger partial charge in [0.2, 0.25) is 0 Å². The van der Waals surface area contributed by atoms with E-state index in [9.17, 15) is 0 Å². The molecule has 72 valence electrons. The minimum Gasteiger partial charge on any atom is -0.384 e. The number of hydrogen-bond acceptors (Lipinski definition) is 4. The van der Waals surface area contributed by atoms with Gasteiger partial charge in [-0.25, -0.2) is 9.67 Å². The van der Waals surface area contributed by atoms with Gasteiger partial charge in [-0.2, -0.15) is 0 Å². The van der Waals surface area contributed by atoms with Crippen LogP contribution in [-0.2, 0) is 0 Å². The van der Waals surface area contributed by atoms with Crippen LogP contribution in [-0.4, -0.2) is 14.8 Å². The summed E-state index contributed by atoms with van der Waals surface area (Å²) in [7, 11) is 0. The normalized spacial score (nSPS) is 10.4. The van der Waals surface area contributed by atoms with Crippen LogP contribution >= 0.6 is 0 Å². The fourth-order valence-corrected chi connectivity index (χ4v) is 1.29. The summed E-state index contributed by atoms with van der Waals surface area (Å²) in [6, 6.07) is 7.17. The number of anilines is 2. The average molecular weight is 189 g/mol. The third-order valence-corrected chi connectivity index (χ3v) is 1.88. The van der Waals surface area contributed by atoms with Crippen LogP contribution in [0, 0.1) is 6.92 Å². The van der Waals surface area contributed by atoms with Crippen molar-refractivity contribution in [2.75, 3.05) is 11.5 Å². The molecule has 0 amide bonds. The molecule has 0 fully saturated rings. The van der Waals surface area contributed by atoms with Gasteiger partial charge < -0.3 is 11.5 Å². The van der Waals surface area contributed by atoms with E-state index in [2.05, 4.69) is 10.1 Å². The van der Waals surface area contributed by atoms with Crippen molar-refractivity contribution < 1.29 is 0 Å². The lowest BCUT2D eigenvalue weighted by atomic mass is 10.4. The van der Waals surface area contributed by atoms with Crippen LogP contribution in [0.2, 0.25) is 0 Å². The van der Waals surface area contributed by atoms with Crippen LogP contribution in [0.25, 0.3) is 5.82 Å². The molecule has 0 saturated heterocycles. The van der Waals surface area contributed by atoms with Gasteiger partial charge in [0.05, 0.1) is 0 Å². The van der Waals surface area contributed by atoms with E-state index in [1.165, 1.54) is 0 Å². The predicted molar refractivity (Wildman–Crippen MR) is 54.9 cm³/mol. The highest BCUT2D eigenvalue weighted by molar-refractivity contribution is 5.38. The van der Waals surface area contributed by atoms with E-state index in [0.29, 0.717) is 17.5 Å². The van der Waals surface area contributed by atoms with Gasteiger partial charge in [-0.3, -0.25) is 0 Å². The number of nitrogens with two attached hydrogens (primary N) is 2. The Labute approximate surface area is 81.4 Å². The van der Waals surface area contributed by atoms with Crippen LogP contribution in [0.3, 0.4) is 0 Å². The molecule has 2 aromatic rings. The van der Waals surface area contributed by atoms with E-state index in [-0.39, 0.29) is 0 Å². The highest BCUT2D eigenvalue weighted by atomic mass is 15.3. The first-order valence-corrected chi connectivity index (χ1v) is 4.22. The minimum atomic E-state index is 0.468. The molecule has 2 rings (SSSR count). The molecule has 0 aliphatic carbocycles. The Kier molecular flexibility index (Phi) is 1.85. The second-order valence-corrected chi connectivity index (χ2v) is 3.04. The van der Waals surface area contributed by atoms with E-state index in [1.54, 1.807) is 16.8 Å². The molecule has 2 aromatic heterocycles. The number of hydrogen-bond donors (Lipinski definition) is 2.